The van der Waals surface area contributed by atoms with Crippen LogP contribution in [0.15, 0.2) is 36.5 Å². The zero-order chi connectivity index (χ0) is 28.9. The quantitative estimate of drug-likeness (QED) is 0.495. The van der Waals surface area contributed by atoms with Crippen LogP contribution in [0.4, 0.5) is 23.7 Å². The van der Waals surface area contributed by atoms with Gasteiger partial charge in [0.2, 0.25) is 5.88 Å². The molecule has 12 heteroatoms. The highest BCUT2D eigenvalue weighted by molar-refractivity contribution is 5.97. The van der Waals surface area contributed by atoms with E-state index in [-0.39, 0.29) is 42.7 Å². The Morgan fingerprint density at radius 2 is 1.97 bits per heavy atom. The first-order valence-corrected chi connectivity index (χ1v) is 12.3. The Bertz CT molecular complexity index is 1240. The Morgan fingerprint density at radius 1 is 1.31 bits per heavy atom. The summed E-state index contributed by atoms with van der Waals surface area (Å²) in [7, 11) is 1.51. The molecule has 0 saturated carbocycles. The molecule has 0 spiro atoms. The number of aliphatic hydroxyl groups is 2. The van der Waals surface area contributed by atoms with Gasteiger partial charge < -0.3 is 30.1 Å². The van der Waals surface area contributed by atoms with Crippen LogP contribution in [0.2, 0.25) is 0 Å². The molecule has 3 amide bonds. The number of urea groups is 1. The van der Waals surface area contributed by atoms with Gasteiger partial charge in [0, 0.05) is 37.0 Å². The number of anilines is 1. The molecule has 3 N–H and O–H groups in total. The first-order valence-electron chi connectivity index (χ1n) is 12.3. The fraction of sp³-hybridized carbons (Fsp3) is 0.444. The van der Waals surface area contributed by atoms with E-state index in [2.05, 4.69) is 22.1 Å². The molecule has 0 unspecified atom stereocenters. The van der Waals surface area contributed by atoms with Gasteiger partial charge in [-0.2, -0.15) is 13.2 Å². The predicted octanol–water partition coefficient (Wildman–Crippen LogP) is 3.22. The number of carbonyl (C=O) groups excluding carboxylic acids is 2. The number of amides is 3. The minimum absolute atomic E-state index is 0.0332. The van der Waals surface area contributed by atoms with E-state index in [0.717, 1.165) is 12.1 Å². The van der Waals surface area contributed by atoms with Gasteiger partial charge >= 0.3 is 12.2 Å². The molecule has 1 aliphatic heterocycles. The first kappa shape index (κ1) is 29.7. The summed E-state index contributed by atoms with van der Waals surface area (Å²) in [6.07, 6.45) is -4.58. The van der Waals surface area contributed by atoms with Crippen molar-refractivity contribution in [2.24, 2.45) is 5.92 Å². The molecule has 1 aromatic carbocycles. The van der Waals surface area contributed by atoms with Gasteiger partial charge in [-0.15, -0.1) is 0 Å². The maximum Gasteiger partial charge on any atom is 0.416 e. The van der Waals surface area contributed by atoms with Crippen LogP contribution in [0.1, 0.15) is 42.3 Å². The number of aliphatic hydroxyl groups excluding tert-OH is 2. The molecule has 210 valence electrons. The summed E-state index contributed by atoms with van der Waals surface area (Å²) in [6.45, 7) is 5.05. The van der Waals surface area contributed by atoms with E-state index in [0.29, 0.717) is 5.56 Å². The topological polar surface area (TPSA) is 115 Å². The lowest BCUT2D eigenvalue weighted by Crippen LogP contribution is -2.50. The average Bonchev–Trinajstić information content (AvgIpc) is 2.88. The van der Waals surface area contributed by atoms with Crippen molar-refractivity contribution >= 4 is 17.6 Å². The van der Waals surface area contributed by atoms with Crippen molar-refractivity contribution in [3.63, 3.8) is 0 Å². The number of fused-ring (bicyclic) bond motifs is 1. The second-order valence-corrected chi connectivity index (χ2v) is 9.53. The van der Waals surface area contributed by atoms with Gasteiger partial charge in [-0.05, 0) is 44.2 Å². The number of alkyl halides is 3. The van der Waals surface area contributed by atoms with Crippen molar-refractivity contribution in [1.29, 1.82) is 0 Å². The fourth-order valence-electron chi connectivity index (χ4n) is 3.89. The third-order valence-electron chi connectivity index (χ3n) is 6.21. The number of nitrogens with one attached hydrogen (secondary N) is 1. The first-order chi connectivity index (χ1) is 18.3. The zero-order valence-electron chi connectivity index (χ0n) is 22.0. The highest BCUT2D eigenvalue weighted by atomic mass is 19.4. The number of likely N-dealkylation sites (N-methyl/N-ethyl adjacent to an activating group) is 1. The Balaban J connectivity index is 1.84. The molecule has 3 rings (SSSR count). The molecule has 2 aromatic rings. The Hall–Kier alpha value is -3.82. The molecular weight excluding hydrogens is 517 g/mol. The summed E-state index contributed by atoms with van der Waals surface area (Å²) < 4.78 is 44.6. The molecule has 9 nitrogen and oxygen atoms in total. The molecule has 1 aromatic heterocycles. The maximum atomic E-state index is 13.4. The summed E-state index contributed by atoms with van der Waals surface area (Å²) in [6, 6.07) is 4.52. The average molecular weight is 549 g/mol. The highest BCUT2D eigenvalue weighted by Crippen LogP contribution is 2.30. The number of rotatable bonds is 5. The lowest BCUT2D eigenvalue weighted by molar-refractivity contribution is -0.137. The molecule has 1 aliphatic rings. The predicted molar refractivity (Wildman–Crippen MR) is 137 cm³/mol. The smallest absolute Gasteiger partial charge is 0.416 e. The lowest BCUT2D eigenvalue weighted by atomic mass is 10.00. The summed E-state index contributed by atoms with van der Waals surface area (Å²) in [5.41, 5.74) is -0.117. The van der Waals surface area contributed by atoms with Gasteiger partial charge in [0.1, 0.15) is 17.8 Å². The van der Waals surface area contributed by atoms with E-state index in [9.17, 15) is 33.0 Å². The molecule has 0 bridgehead atoms. The number of benzene rings is 1. The minimum Gasteiger partial charge on any atom is -0.472 e. The summed E-state index contributed by atoms with van der Waals surface area (Å²) in [4.78, 5) is 33.3. The van der Waals surface area contributed by atoms with Crippen molar-refractivity contribution < 1.29 is 37.7 Å². The number of pyridine rings is 1. The monoisotopic (exact) mass is 548 g/mol. The van der Waals surface area contributed by atoms with Crippen LogP contribution >= 0.6 is 0 Å². The van der Waals surface area contributed by atoms with E-state index >= 15 is 0 Å². The number of carbonyl (C=O) groups is 2. The number of nitrogens with zero attached hydrogens (tertiary/aromatic N) is 3. The molecular formula is C27H31F3N4O5. The minimum atomic E-state index is -4.48. The fourth-order valence-corrected chi connectivity index (χ4v) is 3.89. The number of hydrogen-bond acceptors (Lipinski definition) is 6. The molecule has 2 heterocycles. The molecule has 4 atom stereocenters. The third-order valence-corrected chi connectivity index (χ3v) is 6.21. The SMILES string of the molecule is C[C@H](O)C#Cc1cnc2c(c1)C(=O)N([C@@H](C)CO)C[C@H](C)[C@@H](CN(C)C(=O)Nc1ccc(C(F)(F)F)cc1)O2. The van der Waals surface area contributed by atoms with E-state index in [1.54, 1.807) is 6.92 Å². The lowest BCUT2D eigenvalue weighted by Gasteiger charge is -2.37. The number of aromatic nitrogens is 1. The van der Waals surface area contributed by atoms with E-state index in [1.807, 2.05) is 6.92 Å². The van der Waals surface area contributed by atoms with Crippen LogP contribution in [0, 0.1) is 17.8 Å². The van der Waals surface area contributed by atoms with Crippen molar-refractivity contribution in [3.05, 3.63) is 53.2 Å². The largest absolute Gasteiger partial charge is 0.472 e. The summed E-state index contributed by atoms with van der Waals surface area (Å²) in [5, 5.41) is 21.8. The van der Waals surface area contributed by atoms with E-state index < -0.39 is 41.9 Å². The molecule has 0 radical (unpaired) electrons. The number of hydrogen-bond donors (Lipinski definition) is 3. The number of halogens is 3. The second-order valence-electron chi connectivity index (χ2n) is 9.53. The van der Waals surface area contributed by atoms with Crippen LogP contribution in [0.3, 0.4) is 0 Å². The van der Waals surface area contributed by atoms with Crippen LogP contribution in [0.5, 0.6) is 5.88 Å². The van der Waals surface area contributed by atoms with Crippen LogP contribution in [-0.2, 0) is 6.18 Å². The summed E-state index contributed by atoms with van der Waals surface area (Å²) in [5.74, 6) is 4.68. The molecule has 0 fully saturated rings. The van der Waals surface area contributed by atoms with E-state index in [1.165, 1.54) is 48.2 Å². The normalized spacial score (nSPS) is 18.9. The van der Waals surface area contributed by atoms with Crippen molar-refractivity contribution in [3.8, 4) is 17.7 Å². The standard InChI is InChI=1S/C27H31F3N4O5/c1-16-13-34(17(2)15-35)25(37)22-11-19(6-5-18(3)36)12-31-24(22)39-23(16)14-33(4)26(38)32-21-9-7-20(8-10-21)27(28,29)30/h7-12,16-18,23,35-36H,13-15H2,1-4H3,(H,32,38)/t16-,17-,18-,23+/m0/s1. The van der Waals surface area contributed by atoms with Gasteiger partial charge in [-0.3, -0.25) is 4.79 Å². The summed E-state index contributed by atoms with van der Waals surface area (Å²) >= 11 is 0. The second kappa shape index (κ2) is 12.4. The Labute approximate surface area is 224 Å². The maximum absolute atomic E-state index is 13.4. The van der Waals surface area contributed by atoms with Crippen LogP contribution in [-0.4, -0.2) is 81.9 Å². The molecule has 0 saturated heterocycles. The number of ether oxygens (including phenoxy) is 1. The molecule has 0 aliphatic carbocycles. The van der Waals surface area contributed by atoms with Crippen LogP contribution in [0.25, 0.3) is 0 Å². The van der Waals surface area contributed by atoms with Crippen LogP contribution < -0.4 is 10.1 Å². The van der Waals surface area contributed by atoms with Crippen molar-refractivity contribution in [1.82, 2.24) is 14.8 Å². The van der Waals surface area contributed by atoms with E-state index in [4.69, 9.17) is 4.74 Å². The van der Waals surface area contributed by atoms with Gasteiger partial charge in [-0.25, -0.2) is 9.78 Å². The van der Waals surface area contributed by atoms with Gasteiger partial charge in [0.05, 0.1) is 24.8 Å². The van der Waals surface area contributed by atoms with Crippen molar-refractivity contribution in [2.45, 2.75) is 45.2 Å². The highest BCUT2D eigenvalue weighted by Gasteiger charge is 2.35. The zero-order valence-corrected chi connectivity index (χ0v) is 22.0. The van der Waals surface area contributed by atoms with Gasteiger partial charge in [-0.1, -0.05) is 18.8 Å². The van der Waals surface area contributed by atoms with Gasteiger partial charge in [0.15, 0.2) is 0 Å². The van der Waals surface area contributed by atoms with Crippen molar-refractivity contribution in [2.75, 3.05) is 32.1 Å². The Morgan fingerprint density at radius 3 is 2.56 bits per heavy atom. The van der Waals surface area contributed by atoms with Gasteiger partial charge in [0.25, 0.3) is 5.91 Å². The third kappa shape index (κ3) is 7.61. The molecule has 39 heavy (non-hydrogen) atoms. The Kier molecular flexibility index (Phi) is 9.42.